The number of aromatic nitrogens is 2. The van der Waals surface area contributed by atoms with Crippen LogP contribution in [0, 0.1) is 0 Å². The molecule has 6 nitrogen and oxygen atoms in total. The Morgan fingerprint density at radius 3 is 3.00 bits per heavy atom. The molecular weight excluding hydrogens is 246 g/mol. The number of piperidine rings is 1. The van der Waals surface area contributed by atoms with Crippen LogP contribution >= 0.6 is 0 Å². The predicted molar refractivity (Wildman–Crippen MR) is 66.6 cm³/mol. The highest BCUT2D eigenvalue weighted by Gasteiger charge is 2.42. The van der Waals surface area contributed by atoms with Gasteiger partial charge in [0.15, 0.2) is 5.82 Å². The third-order valence-electron chi connectivity index (χ3n) is 4.24. The lowest BCUT2D eigenvalue weighted by Gasteiger charge is -2.40. The number of likely N-dealkylation sites (tertiary alicyclic amines) is 1. The van der Waals surface area contributed by atoms with Crippen LogP contribution in [0.1, 0.15) is 56.7 Å². The van der Waals surface area contributed by atoms with E-state index in [9.17, 15) is 9.90 Å². The van der Waals surface area contributed by atoms with E-state index in [4.69, 9.17) is 4.52 Å². The molecule has 1 unspecified atom stereocenters. The van der Waals surface area contributed by atoms with Crippen LogP contribution in [0.5, 0.6) is 0 Å². The first kappa shape index (κ1) is 12.6. The van der Waals surface area contributed by atoms with Crippen molar-refractivity contribution in [3.8, 4) is 0 Å². The number of rotatable bonds is 4. The number of carboxylic acids is 1. The predicted octanol–water partition coefficient (Wildman–Crippen LogP) is 1.78. The zero-order valence-corrected chi connectivity index (χ0v) is 11.1. The molecule has 1 aliphatic heterocycles. The molecule has 3 rings (SSSR count). The average molecular weight is 265 g/mol. The van der Waals surface area contributed by atoms with Crippen molar-refractivity contribution in [3.05, 3.63) is 11.7 Å². The molecule has 0 aromatic carbocycles. The van der Waals surface area contributed by atoms with Gasteiger partial charge in [-0.3, -0.25) is 9.69 Å². The Hall–Kier alpha value is -1.43. The summed E-state index contributed by atoms with van der Waals surface area (Å²) >= 11 is 0. The number of hydrogen-bond acceptors (Lipinski definition) is 5. The second kappa shape index (κ2) is 4.59. The maximum absolute atomic E-state index is 11.5. The number of carboxylic acid groups (broad SMARTS) is 1. The van der Waals surface area contributed by atoms with Gasteiger partial charge in [-0.1, -0.05) is 5.16 Å². The molecule has 2 fully saturated rings. The largest absolute Gasteiger partial charge is 0.480 e. The molecule has 0 bridgehead atoms. The number of aliphatic carboxylic acids is 1. The van der Waals surface area contributed by atoms with Crippen LogP contribution in [0.15, 0.2) is 4.52 Å². The summed E-state index contributed by atoms with van der Waals surface area (Å²) in [5.41, 5.74) is -0.807. The Balaban J connectivity index is 1.73. The van der Waals surface area contributed by atoms with Gasteiger partial charge in [-0.2, -0.15) is 4.98 Å². The molecule has 19 heavy (non-hydrogen) atoms. The second-order valence-corrected chi connectivity index (χ2v) is 5.78. The molecule has 2 aliphatic rings. The highest BCUT2D eigenvalue weighted by atomic mass is 16.5. The van der Waals surface area contributed by atoms with Crippen molar-refractivity contribution in [2.75, 3.05) is 6.54 Å². The number of hydrogen-bond donors (Lipinski definition) is 1. The van der Waals surface area contributed by atoms with Crippen molar-refractivity contribution >= 4 is 5.97 Å². The average Bonchev–Trinajstić information content (AvgIpc) is 3.13. The standard InChI is InChI=1S/C13H19N3O3/c1-13(12(17)18)6-2-3-7-16(13)8-10-14-11(19-15-10)9-4-5-9/h9H,2-8H2,1H3,(H,17,18). The van der Waals surface area contributed by atoms with Crippen LogP contribution in [-0.2, 0) is 11.3 Å². The molecule has 0 amide bonds. The second-order valence-electron chi connectivity index (χ2n) is 5.78. The molecule has 1 saturated carbocycles. The van der Waals surface area contributed by atoms with Crippen molar-refractivity contribution in [3.63, 3.8) is 0 Å². The highest BCUT2D eigenvalue weighted by Crippen LogP contribution is 2.39. The Morgan fingerprint density at radius 2 is 2.32 bits per heavy atom. The zero-order chi connectivity index (χ0) is 13.5. The third-order valence-corrected chi connectivity index (χ3v) is 4.24. The molecule has 1 N–H and O–H groups in total. The normalized spacial score (nSPS) is 28.5. The molecule has 6 heteroatoms. The molecule has 1 aliphatic carbocycles. The molecule has 2 heterocycles. The summed E-state index contributed by atoms with van der Waals surface area (Å²) in [6, 6.07) is 0. The number of nitrogens with zero attached hydrogens (tertiary/aromatic N) is 3. The van der Waals surface area contributed by atoms with Gasteiger partial charge in [-0.15, -0.1) is 0 Å². The van der Waals surface area contributed by atoms with Crippen molar-refractivity contribution in [1.82, 2.24) is 15.0 Å². The monoisotopic (exact) mass is 265 g/mol. The zero-order valence-electron chi connectivity index (χ0n) is 11.1. The molecule has 0 spiro atoms. The fraction of sp³-hybridized carbons (Fsp3) is 0.769. The SMILES string of the molecule is CC1(C(=O)O)CCCCN1Cc1noc(C2CC2)n1. The fourth-order valence-electron chi connectivity index (χ4n) is 2.67. The minimum absolute atomic E-state index is 0.438. The Bertz CT molecular complexity index is 483. The van der Waals surface area contributed by atoms with E-state index in [-0.39, 0.29) is 0 Å². The van der Waals surface area contributed by atoms with E-state index in [0.29, 0.717) is 30.6 Å². The van der Waals surface area contributed by atoms with E-state index < -0.39 is 11.5 Å². The van der Waals surface area contributed by atoms with Crippen molar-refractivity contribution in [2.45, 2.75) is 57.0 Å². The van der Waals surface area contributed by atoms with E-state index in [1.54, 1.807) is 6.92 Å². The Labute approximate surface area is 111 Å². The van der Waals surface area contributed by atoms with Crippen LogP contribution < -0.4 is 0 Å². The summed E-state index contributed by atoms with van der Waals surface area (Å²) < 4.78 is 5.22. The van der Waals surface area contributed by atoms with Crippen LogP contribution in [-0.4, -0.2) is 38.2 Å². The summed E-state index contributed by atoms with van der Waals surface area (Å²) in [5, 5.41) is 13.4. The van der Waals surface area contributed by atoms with Gasteiger partial charge in [0, 0.05) is 5.92 Å². The fourth-order valence-corrected chi connectivity index (χ4v) is 2.67. The van der Waals surface area contributed by atoms with Crippen LogP contribution in [0.2, 0.25) is 0 Å². The molecule has 104 valence electrons. The molecule has 1 atom stereocenters. The molecule has 1 saturated heterocycles. The molecular formula is C13H19N3O3. The Kier molecular flexibility index (Phi) is 3.05. The first-order valence-corrected chi connectivity index (χ1v) is 6.90. The van der Waals surface area contributed by atoms with Crippen molar-refractivity contribution in [1.29, 1.82) is 0 Å². The highest BCUT2D eigenvalue weighted by molar-refractivity contribution is 5.78. The van der Waals surface area contributed by atoms with Gasteiger partial charge in [0.05, 0.1) is 6.54 Å². The van der Waals surface area contributed by atoms with E-state index in [1.165, 1.54) is 0 Å². The molecule has 0 radical (unpaired) electrons. The van der Waals surface area contributed by atoms with Gasteiger partial charge in [0.25, 0.3) is 0 Å². The molecule has 1 aromatic heterocycles. The lowest BCUT2D eigenvalue weighted by molar-refractivity contribution is -0.153. The van der Waals surface area contributed by atoms with Crippen molar-refractivity contribution < 1.29 is 14.4 Å². The van der Waals surface area contributed by atoms with E-state index in [1.807, 2.05) is 4.90 Å². The van der Waals surface area contributed by atoms with Crippen LogP contribution in [0.25, 0.3) is 0 Å². The summed E-state index contributed by atoms with van der Waals surface area (Å²) in [7, 11) is 0. The molecule has 1 aromatic rings. The maximum Gasteiger partial charge on any atom is 0.323 e. The summed E-state index contributed by atoms with van der Waals surface area (Å²) in [6.45, 7) is 3.02. The maximum atomic E-state index is 11.5. The summed E-state index contributed by atoms with van der Waals surface area (Å²) in [4.78, 5) is 17.8. The topological polar surface area (TPSA) is 79.5 Å². The number of carbonyl (C=O) groups is 1. The van der Waals surface area contributed by atoms with E-state index >= 15 is 0 Å². The smallest absolute Gasteiger partial charge is 0.323 e. The summed E-state index contributed by atoms with van der Waals surface area (Å²) in [5.74, 6) is 0.992. The van der Waals surface area contributed by atoms with E-state index in [2.05, 4.69) is 10.1 Å². The Morgan fingerprint density at radius 1 is 1.53 bits per heavy atom. The van der Waals surface area contributed by atoms with Gasteiger partial charge in [0.1, 0.15) is 5.54 Å². The van der Waals surface area contributed by atoms with Crippen LogP contribution in [0.3, 0.4) is 0 Å². The lowest BCUT2D eigenvalue weighted by atomic mass is 9.88. The lowest BCUT2D eigenvalue weighted by Crippen LogP contribution is -2.54. The summed E-state index contributed by atoms with van der Waals surface area (Å²) in [6.07, 6.45) is 4.90. The van der Waals surface area contributed by atoms with E-state index in [0.717, 1.165) is 32.2 Å². The van der Waals surface area contributed by atoms with Crippen molar-refractivity contribution in [2.24, 2.45) is 0 Å². The van der Waals surface area contributed by atoms with Gasteiger partial charge >= 0.3 is 5.97 Å². The third kappa shape index (κ3) is 2.36. The van der Waals surface area contributed by atoms with Gasteiger partial charge in [0.2, 0.25) is 5.89 Å². The van der Waals surface area contributed by atoms with Gasteiger partial charge in [-0.25, -0.2) is 0 Å². The first-order valence-electron chi connectivity index (χ1n) is 6.90. The quantitative estimate of drug-likeness (QED) is 0.893. The van der Waals surface area contributed by atoms with Gasteiger partial charge < -0.3 is 9.63 Å². The van der Waals surface area contributed by atoms with Crippen LogP contribution in [0.4, 0.5) is 0 Å². The first-order chi connectivity index (χ1) is 9.09. The minimum Gasteiger partial charge on any atom is -0.480 e. The minimum atomic E-state index is -0.807. The van der Waals surface area contributed by atoms with Gasteiger partial charge in [-0.05, 0) is 45.6 Å².